The second-order valence-electron chi connectivity index (χ2n) is 5.55. The van der Waals surface area contributed by atoms with Crippen molar-refractivity contribution >= 4 is 23.3 Å². The molecule has 1 atom stereocenters. The second kappa shape index (κ2) is 8.49. The molecule has 2 aromatic carbocycles. The molecule has 0 aromatic heterocycles. The van der Waals surface area contributed by atoms with Crippen LogP contribution in [0.25, 0.3) is 0 Å². The second-order valence-corrected chi connectivity index (χ2v) is 5.99. The Morgan fingerprint density at radius 2 is 1.74 bits per heavy atom. The minimum Gasteiger partial charge on any atom is -0.346 e. The van der Waals surface area contributed by atoms with Gasteiger partial charge in [-0.3, -0.25) is 9.59 Å². The topological polar surface area (TPSA) is 46.2 Å². The van der Waals surface area contributed by atoms with Gasteiger partial charge in [-0.2, -0.15) is 0 Å². The Balaban J connectivity index is 1.89. The number of hydrogen-bond donors (Lipinski definition) is 1. The van der Waals surface area contributed by atoms with Crippen molar-refractivity contribution in [3.05, 3.63) is 70.7 Å². The number of aryl methyl sites for hydroxylation is 1. The summed E-state index contributed by atoms with van der Waals surface area (Å²) in [6.45, 7) is 1.50. The lowest BCUT2D eigenvalue weighted by atomic mass is 10.0. The van der Waals surface area contributed by atoms with E-state index in [4.69, 9.17) is 11.6 Å². The van der Waals surface area contributed by atoms with Crippen LogP contribution in [0.5, 0.6) is 0 Å². The van der Waals surface area contributed by atoms with Crippen LogP contribution in [-0.2, 0) is 22.4 Å². The molecular formula is C19H20ClNO2. The van der Waals surface area contributed by atoms with Crippen LogP contribution < -0.4 is 5.32 Å². The Kier molecular flexibility index (Phi) is 6.36. The van der Waals surface area contributed by atoms with Crippen molar-refractivity contribution in [3.8, 4) is 0 Å². The molecular weight excluding hydrogens is 310 g/mol. The number of benzene rings is 2. The molecule has 1 amide bonds. The summed E-state index contributed by atoms with van der Waals surface area (Å²) in [5.74, 6) is -0.161. The summed E-state index contributed by atoms with van der Waals surface area (Å²) in [6.07, 6.45) is 1.44. The molecule has 2 rings (SSSR count). The maximum atomic E-state index is 12.1. The maximum Gasteiger partial charge on any atom is 0.220 e. The van der Waals surface area contributed by atoms with Crippen LogP contribution in [0.15, 0.2) is 54.6 Å². The van der Waals surface area contributed by atoms with Crippen molar-refractivity contribution in [1.82, 2.24) is 5.32 Å². The van der Waals surface area contributed by atoms with Gasteiger partial charge >= 0.3 is 0 Å². The highest BCUT2D eigenvalue weighted by Gasteiger charge is 2.17. The van der Waals surface area contributed by atoms with Crippen molar-refractivity contribution in [2.75, 3.05) is 0 Å². The van der Waals surface area contributed by atoms with Gasteiger partial charge in [0.25, 0.3) is 0 Å². The predicted octanol–water partition coefficient (Wildman–Crippen LogP) is 3.59. The van der Waals surface area contributed by atoms with Gasteiger partial charge in [0.1, 0.15) is 0 Å². The van der Waals surface area contributed by atoms with Gasteiger partial charge < -0.3 is 5.32 Å². The number of amides is 1. The lowest BCUT2D eigenvalue weighted by Crippen LogP contribution is -2.41. The molecule has 1 N–H and O–H groups in total. The number of Topliss-reactive ketones (excluding diaryl/α,β-unsaturated/α-hetero) is 1. The van der Waals surface area contributed by atoms with Gasteiger partial charge in [-0.05, 0) is 43.0 Å². The van der Waals surface area contributed by atoms with Crippen LogP contribution in [0.2, 0.25) is 5.02 Å². The third kappa shape index (κ3) is 5.87. The van der Waals surface area contributed by atoms with E-state index >= 15 is 0 Å². The van der Waals surface area contributed by atoms with Gasteiger partial charge in [-0.15, -0.1) is 0 Å². The number of halogens is 1. The molecule has 0 bridgehead atoms. The van der Waals surface area contributed by atoms with Crippen molar-refractivity contribution in [1.29, 1.82) is 0 Å². The molecule has 0 radical (unpaired) electrons. The molecule has 0 aliphatic heterocycles. The van der Waals surface area contributed by atoms with Gasteiger partial charge in [-0.25, -0.2) is 0 Å². The van der Waals surface area contributed by atoms with Crippen LogP contribution in [0, 0.1) is 0 Å². The number of hydrogen-bond acceptors (Lipinski definition) is 2. The normalized spacial score (nSPS) is 11.7. The molecule has 120 valence electrons. The van der Waals surface area contributed by atoms with Crippen LogP contribution in [0.1, 0.15) is 24.5 Å². The van der Waals surface area contributed by atoms with Gasteiger partial charge in [0.2, 0.25) is 5.91 Å². The monoisotopic (exact) mass is 329 g/mol. The van der Waals surface area contributed by atoms with Crippen molar-refractivity contribution in [2.45, 2.75) is 32.2 Å². The van der Waals surface area contributed by atoms with Crippen LogP contribution in [-0.4, -0.2) is 17.7 Å². The number of nitrogens with one attached hydrogen (secondary N) is 1. The first kappa shape index (κ1) is 17.2. The van der Waals surface area contributed by atoms with Crippen molar-refractivity contribution in [2.24, 2.45) is 0 Å². The average Bonchev–Trinajstić information content (AvgIpc) is 2.53. The minimum absolute atomic E-state index is 0.0371. The van der Waals surface area contributed by atoms with Crippen LogP contribution in [0.3, 0.4) is 0 Å². The van der Waals surface area contributed by atoms with E-state index in [2.05, 4.69) is 5.32 Å². The quantitative estimate of drug-likeness (QED) is 0.843. The highest BCUT2D eigenvalue weighted by Crippen LogP contribution is 2.12. The van der Waals surface area contributed by atoms with E-state index in [1.54, 1.807) is 6.07 Å². The molecule has 23 heavy (non-hydrogen) atoms. The van der Waals surface area contributed by atoms with E-state index in [1.165, 1.54) is 6.92 Å². The van der Waals surface area contributed by atoms with E-state index in [1.807, 2.05) is 48.5 Å². The minimum atomic E-state index is -0.482. The van der Waals surface area contributed by atoms with Crippen molar-refractivity contribution < 1.29 is 9.59 Å². The molecule has 4 heteroatoms. The zero-order valence-corrected chi connectivity index (χ0v) is 13.8. The highest BCUT2D eigenvalue weighted by molar-refractivity contribution is 6.30. The molecule has 0 heterocycles. The van der Waals surface area contributed by atoms with E-state index in [-0.39, 0.29) is 11.7 Å². The lowest BCUT2D eigenvalue weighted by Gasteiger charge is -2.16. The van der Waals surface area contributed by atoms with E-state index in [9.17, 15) is 9.59 Å². The zero-order chi connectivity index (χ0) is 16.7. The lowest BCUT2D eigenvalue weighted by molar-refractivity contribution is -0.126. The maximum absolute atomic E-state index is 12.1. The summed E-state index contributed by atoms with van der Waals surface area (Å²) in [5.41, 5.74) is 2.04. The number of ketones is 1. The highest BCUT2D eigenvalue weighted by atomic mass is 35.5. The van der Waals surface area contributed by atoms with Crippen LogP contribution >= 0.6 is 11.6 Å². The Bertz CT molecular complexity index is 670. The SMILES string of the molecule is CC(=O)C(Cc1ccccc1)NC(=O)CCc1cccc(Cl)c1. The zero-order valence-electron chi connectivity index (χ0n) is 13.1. The molecule has 0 fully saturated rings. The summed E-state index contributed by atoms with van der Waals surface area (Å²) < 4.78 is 0. The predicted molar refractivity (Wildman–Crippen MR) is 92.5 cm³/mol. The molecule has 1 unspecified atom stereocenters. The Morgan fingerprint density at radius 1 is 1.04 bits per heavy atom. The average molecular weight is 330 g/mol. The standard InChI is InChI=1S/C19H20ClNO2/c1-14(22)18(13-15-6-3-2-4-7-15)21-19(23)11-10-16-8-5-9-17(20)12-16/h2-9,12,18H,10-11,13H2,1H3,(H,21,23). The molecule has 0 aliphatic carbocycles. The summed E-state index contributed by atoms with van der Waals surface area (Å²) in [6, 6.07) is 16.6. The first-order valence-electron chi connectivity index (χ1n) is 7.63. The van der Waals surface area contributed by atoms with Gasteiger partial charge in [-0.1, -0.05) is 54.1 Å². The summed E-state index contributed by atoms with van der Waals surface area (Å²) in [7, 11) is 0. The first-order valence-corrected chi connectivity index (χ1v) is 8.00. The first-order chi connectivity index (χ1) is 11.0. The largest absolute Gasteiger partial charge is 0.346 e. The summed E-state index contributed by atoms with van der Waals surface area (Å²) in [5, 5.41) is 3.49. The molecule has 3 nitrogen and oxygen atoms in total. The van der Waals surface area contributed by atoms with Gasteiger partial charge in [0.15, 0.2) is 5.78 Å². The fourth-order valence-corrected chi connectivity index (χ4v) is 2.58. The van der Waals surface area contributed by atoms with Gasteiger partial charge in [0.05, 0.1) is 6.04 Å². The fourth-order valence-electron chi connectivity index (χ4n) is 2.36. The fraction of sp³-hybridized carbons (Fsp3) is 0.263. The summed E-state index contributed by atoms with van der Waals surface area (Å²) >= 11 is 5.93. The van der Waals surface area contributed by atoms with E-state index in [0.717, 1.165) is 11.1 Å². The van der Waals surface area contributed by atoms with Crippen LogP contribution in [0.4, 0.5) is 0 Å². The smallest absolute Gasteiger partial charge is 0.220 e. The van der Waals surface area contributed by atoms with Gasteiger partial charge in [0, 0.05) is 11.4 Å². The molecule has 2 aromatic rings. The third-order valence-corrected chi connectivity index (χ3v) is 3.87. The molecule has 0 saturated carbocycles. The molecule has 0 saturated heterocycles. The Hall–Kier alpha value is -2.13. The Labute approximate surface area is 141 Å². The van der Waals surface area contributed by atoms with Crippen molar-refractivity contribution in [3.63, 3.8) is 0 Å². The number of carbonyl (C=O) groups is 2. The molecule has 0 aliphatic rings. The van der Waals surface area contributed by atoms with E-state index in [0.29, 0.717) is 24.3 Å². The number of rotatable bonds is 7. The summed E-state index contributed by atoms with van der Waals surface area (Å²) in [4.78, 5) is 23.9. The third-order valence-electron chi connectivity index (χ3n) is 3.64. The Morgan fingerprint density at radius 3 is 2.39 bits per heavy atom. The molecule has 0 spiro atoms. The number of carbonyl (C=O) groups excluding carboxylic acids is 2. The van der Waals surface area contributed by atoms with E-state index < -0.39 is 6.04 Å².